The van der Waals surface area contributed by atoms with Gasteiger partial charge in [-0.3, -0.25) is 4.90 Å². The summed E-state index contributed by atoms with van der Waals surface area (Å²) in [6, 6.07) is 12.3. The Labute approximate surface area is 165 Å². The smallest absolute Gasteiger partial charge is 0.231 e. The average Bonchev–Trinajstić information content (AvgIpc) is 3.09. The second kappa shape index (κ2) is 8.90. The number of hydrogen-bond acceptors (Lipinski definition) is 5. The zero-order valence-corrected chi connectivity index (χ0v) is 16.7. The van der Waals surface area contributed by atoms with Crippen LogP contribution in [0, 0.1) is 5.82 Å². The molecule has 6 heteroatoms. The van der Waals surface area contributed by atoms with Gasteiger partial charge in [0.25, 0.3) is 0 Å². The number of ether oxygens (including phenoxy) is 3. The van der Waals surface area contributed by atoms with Gasteiger partial charge < -0.3 is 19.3 Å². The van der Waals surface area contributed by atoms with E-state index >= 15 is 0 Å². The Balaban J connectivity index is 1.69. The van der Waals surface area contributed by atoms with Gasteiger partial charge in [-0.15, -0.1) is 0 Å². The van der Waals surface area contributed by atoms with Crippen molar-refractivity contribution < 1.29 is 23.7 Å². The van der Waals surface area contributed by atoms with Crippen LogP contribution >= 0.6 is 0 Å². The maximum atomic E-state index is 13.2. The van der Waals surface area contributed by atoms with E-state index < -0.39 is 6.10 Å². The van der Waals surface area contributed by atoms with E-state index in [0.717, 1.165) is 22.6 Å². The van der Waals surface area contributed by atoms with Crippen LogP contribution in [0.2, 0.25) is 0 Å². The number of rotatable bonds is 8. The quantitative estimate of drug-likeness (QED) is 0.746. The number of aliphatic hydroxyl groups excluding tert-OH is 1. The Morgan fingerprint density at radius 2 is 1.68 bits per heavy atom. The standard InChI is InChI=1S/C22H28FNO4/c1-22(2,3)28-14-19(25)13-24(11-16-4-7-18(23)8-5-16)12-17-6-9-20-21(10-17)27-15-26-20/h4-10,19,25H,11-15H2,1-3H3/t19-/m1/s1. The Bertz CT molecular complexity index is 773. The largest absolute Gasteiger partial charge is 0.454 e. The molecule has 0 aromatic heterocycles. The van der Waals surface area contributed by atoms with Crippen LogP contribution in [0.1, 0.15) is 31.9 Å². The van der Waals surface area contributed by atoms with Crippen molar-refractivity contribution in [1.82, 2.24) is 4.90 Å². The average molecular weight is 389 g/mol. The summed E-state index contributed by atoms with van der Waals surface area (Å²) >= 11 is 0. The molecule has 2 aromatic rings. The summed E-state index contributed by atoms with van der Waals surface area (Å²) in [5.41, 5.74) is 1.72. The molecule has 152 valence electrons. The van der Waals surface area contributed by atoms with Crippen molar-refractivity contribution in [2.45, 2.75) is 45.6 Å². The van der Waals surface area contributed by atoms with E-state index in [1.807, 2.05) is 39.0 Å². The molecule has 5 nitrogen and oxygen atoms in total. The monoisotopic (exact) mass is 389 g/mol. The van der Waals surface area contributed by atoms with Crippen molar-refractivity contribution in [3.63, 3.8) is 0 Å². The summed E-state index contributed by atoms with van der Waals surface area (Å²) in [5, 5.41) is 10.5. The molecule has 0 saturated heterocycles. The minimum atomic E-state index is -0.631. The van der Waals surface area contributed by atoms with Gasteiger partial charge in [-0.2, -0.15) is 0 Å². The Hall–Kier alpha value is -2.15. The molecule has 1 heterocycles. The van der Waals surface area contributed by atoms with E-state index in [4.69, 9.17) is 14.2 Å². The third-order valence-corrected chi connectivity index (χ3v) is 4.34. The van der Waals surface area contributed by atoms with Crippen LogP contribution in [0.3, 0.4) is 0 Å². The first-order valence-corrected chi connectivity index (χ1v) is 9.46. The van der Waals surface area contributed by atoms with Crippen LogP contribution in [0.15, 0.2) is 42.5 Å². The molecular weight excluding hydrogens is 361 g/mol. The highest BCUT2D eigenvalue weighted by Gasteiger charge is 2.19. The van der Waals surface area contributed by atoms with Crippen molar-refractivity contribution in [1.29, 1.82) is 0 Å². The molecule has 0 unspecified atom stereocenters. The predicted octanol–water partition coefficient (Wildman–Crippen LogP) is 3.73. The summed E-state index contributed by atoms with van der Waals surface area (Å²) < 4.78 is 29.8. The van der Waals surface area contributed by atoms with Gasteiger partial charge in [0.1, 0.15) is 5.82 Å². The predicted molar refractivity (Wildman–Crippen MR) is 105 cm³/mol. The summed E-state index contributed by atoms with van der Waals surface area (Å²) in [7, 11) is 0. The highest BCUT2D eigenvalue weighted by atomic mass is 19.1. The van der Waals surface area contributed by atoms with Crippen molar-refractivity contribution in [3.8, 4) is 11.5 Å². The van der Waals surface area contributed by atoms with E-state index in [-0.39, 0.29) is 24.8 Å². The molecule has 1 N–H and O–H groups in total. The highest BCUT2D eigenvalue weighted by Crippen LogP contribution is 2.33. The van der Waals surface area contributed by atoms with Crippen LogP contribution in [0.4, 0.5) is 4.39 Å². The number of nitrogens with zero attached hydrogens (tertiary/aromatic N) is 1. The van der Waals surface area contributed by atoms with Crippen molar-refractivity contribution in [3.05, 3.63) is 59.4 Å². The second-order valence-electron chi connectivity index (χ2n) is 8.06. The number of halogens is 1. The molecule has 1 atom stereocenters. The third kappa shape index (κ3) is 6.19. The van der Waals surface area contributed by atoms with Gasteiger partial charge in [-0.25, -0.2) is 4.39 Å². The van der Waals surface area contributed by atoms with Crippen molar-refractivity contribution in [2.24, 2.45) is 0 Å². The van der Waals surface area contributed by atoms with Crippen LogP contribution in [0.5, 0.6) is 11.5 Å². The lowest BCUT2D eigenvalue weighted by Crippen LogP contribution is -2.36. The molecule has 3 rings (SSSR count). The summed E-state index contributed by atoms with van der Waals surface area (Å²) in [5.74, 6) is 1.22. The first kappa shape index (κ1) is 20.6. The molecular formula is C22H28FNO4. The Morgan fingerprint density at radius 3 is 2.39 bits per heavy atom. The number of benzene rings is 2. The molecule has 0 aliphatic carbocycles. The molecule has 0 bridgehead atoms. The summed E-state index contributed by atoms with van der Waals surface area (Å²) in [6.45, 7) is 8.00. The molecule has 1 aliphatic heterocycles. The van der Waals surface area contributed by atoms with Crippen LogP contribution in [-0.2, 0) is 17.8 Å². The number of hydrogen-bond donors (Lipinski definition) is 1. The fourth-order valence-corrected chi connectivity index (χ4v) is 3.03. The second-order valence-corrected chi connectivity index (χ2v) is 8.06. The lowest BCUT2D eigenvalue weighted by molar-refractivity contribution is -0.0572. The molecule has 0 radical (unpaired) electrons. The van der Waals surface area contributed by atoms with Gasteiger partial charge in [0, 0.05) is 19.6 Å². The van der Waals surface area contributed by atoms with E-state index in [1.54, 1.807) is 12.1 Å². The van der Waals surface area contributed by atoms with E-state index in [9.17, 15) is 9.50 Å². The van der Waals surface area contributed by atoms with Gasteiger partial charge in [0.2, 0.25) is 6.79 Å². The zero-order valence-electron chi connectivity index (χ0n) is 16.7. The molecule has 28 heavy (non-hydrogen) atoms. The van der Waals surface area contributed by atoms with E-state index in [1.165, 1.54) is 12.1 Å². The molecule has 0 amide bonds. The minimum absolute atomic E-state index is 0.237. The van der Waals surface area contributed by atoms with Gasteiger partial charge in [0.05, 0.1) is 18.3 Å². The fourth-order valence-electron chi connectivity index (χ4n) is 3.03. The van der Waals surface area contributed by atoms with Gasteiger partial charge in [0.15, 0.2) is 11.5 Å². The first-order valence-electron chi connectivity index (χ1n) is 9.46. The highest BCUT2D eigenvalue weighted by molar-refractivity contribution is 5.44. The van der Waals surface area contributed by atoms with Crippen molar-refractivity contribution >= 4 is 0 Å². The van der Waals surface area contributed by atoms with E-state index in [2.05, 4.69) is 4.90 Å². The zero-order chi connectivity index (χ0) is 20.1. The molecule has 0 spiro atoms. The maximum Gasteiger partial charge on any atom is 0.231 e. The lowest BCUT2D eigenvalue weighted by atomic mass is 10.1. The maximum absolute atomic E-state index is 13.2. The molecule has 1 aliphatic rings. The normalized spacial score (nSPS) is 14.5. The van der Waals surface area contributed by atoms with Gasteiger partial charge in [-0.1, -0.05) is 18.2 Å². The van der Waals surface area contributed by atoms with Gasteiger partial charge >= 0.3 is 0 Å². The Morgan fingerprint density at radius 1 is 1.04 bits per heavy atom. The number of aliphatic hydroxyl groups is 1. The van der Waals surface area contributed by atoms with Crippen LogP contribution in [-0.4, -0.2) is 41.7 Å². The SMILES string of the molecule is CC(C)(C)OC[C@H](O)CN(Cc1ccc(F)cc1)Cc1ccc2c(c1)OCO2. The molecule has 2 aromatic carbocycles. The third-order valence-electron chi connectivity index (χ3n) is 4.34. The lowest BCUT2D eigenvalue weighted by Gasteiger charge is -2.27. The summed E-state index contributed by atoms with van der Waals surface area (Å²) in [6.07, 6.45) is -0.631. The first-order chi connectivity index (χ1) is 13.3. The molecule has 0 saturated carbocycles. The minimum Gasteiger partial charge on any atom is -0.454 e. The van der Waals surface area contributed by atoms with Crippen LogP contribution < -0.4 is 9.47 Å². The van der Waals surface area contributed by atoms with E-state index in [0.29, 0.717) is 19.6 Å². The summed E-state index contributed by atoms with van der Waals surface area (Å²) in [4.78, 5) is 2.11. The fraction of sp³-hybridized carbons (Fsp3) is 0.455. The van der Waals surface area contributed by atoms with Gasteiger partial charge in [-0.05, 0) is 56.2 Å². The topological polar surface area (TPSA) is 51.2 Å². The number of fused-ring (bicyclic) bond motifs is 1. The molecule has 0 fully saturated rings. The van der Waals surface area contributed by atoms with Crippen molar-refractivity contribution in [2.75, 3.05) is 19.9 Å². The van der Waals surface area contributed by atoms with Crippen LogP contribution in [0.25, 0.3) is 0 Å². The Kier molecular flexibility index (Phi) is 6.54.